The molecule has 0 aromatic rings. The molecule has 0 aliphatic carbocycles. The molecule has 0 amide bonds. The molecule has 1 aliphatic rings. The van der Waals surface area contributed by atoms with E-state index in [1.54, 1.807) is 0 Å². The third kappa shape index (κ3) is 9.07. The van der Waals surface area contributed by atoms with E-state index < -0.39 is 6.10 Å². The second kappa shape index (κ2) is 13.4. The minimum atomic E-state index is -0.396. The second-order valence-corrected chi connectivity index (χ2v) is 9.09. The first kappa shape index (κ1) is 22.3. The Kier molecular flexibility index (Phi) is 12.5. The summed E-state index contributed by atoms with van der Waals surface area (Å²) in [6.07, 6.45) is 16.1. The highest BCUT2D eigenvalue weighted by Crippen LogP contribution is 2.47. The number of aliphatic hydroxyl groups excluding tert-OH is 2. The van der Waals surface area contributed by atoms with Gasteiger partial charge in [-0.15, -0.1) is 11.8 Å². The van der Waals surface area contributed by atoms with Gasteiger partial charge in [-0.3, -0.25) is 0 Å². The van der Waals surface area contributed by atoms with Crippen LogP contribution in [0.1, 0.15) is 84.0 Å². The monoisotopic (exact) mass is 359 g/mol. The van der Waals surface area contributed by atoms with Crippen LogP contribution in [0.3, 0.4) is 0 Å². The number of hydrogen-bond acceptors (Lipinski definition) is 4. The molecule has 3 nitrogen and oxygen atoms in total. The zero-order chi connectivity index (χ0) is 17.8. The summed E-state index contributed by atoms with van der Waals surface area (Å²) in [6.45, 7) is 2.31. The lowest BCUT2D eigenvalue weighted by Crippen LogP contribution is -2.44. The molecule has 2 unspecified atom stereocenters. The molecule has 0 aromatic carbocycles. The number of unbranched alkanes of at least 4 members (excludes halogenated alkanes) is 10. The fourth-order valence-electron chi connectivity index (χ4n) is 3.49. The number of nitrogens with zero attached hydrogens (tertiary/aromatic N) is 1. The molecule has 1 saturated heterocycles. The smallest absolute Gasteiger partial charge is 0.0846 e. The van der Waals surface area contributed by atoms with E-state index in [0.29, 0.717) is 10.5 Å². The van der Waals surface area contributed by atoms with Crippen molar-refractivity contribution < 1.29 is 10.2 Å². The molecule has 4 atom stereocenters. The molecule has 0 radical (unpaired) electrons. The molecule has 0 saturated carbocycles. The van der Waals surface area contributed by atoms with Crippen molar-refractivity contribution in [2.24, 2.45) is 0 Å². The van der Waals surface area contributed by atoms with Crippen molar-refractivity contribution in [1.82, 2.24) is 4.90 Å². The summed E-state index contributed by atoms with van der Waals surface area (Å²) in [5.74, 6) is 0. The van der Waals surface area contributed by atoms with Crippen molar-refractivity contribution in [1.29, 1.82) is 0 Å². The van der Waals surface area contributed by atoms with Crippen LogP contribution in [0, 0.1) is 0 Å². The number of rotatable bonds is 16. The number of aliphatic hydroxyl groups is 2. The average Bonchev–Trinajstić information content (AvgIpc) is 3.32. The van der Waals surface area contributed by atoms with Crippen LogP contribution >= 0.6 is 11.8 Å². The highest BCUT2D eigenvalue weighted by Gasteiger charge is 2.46. The molecule has 144 valence electrons. The fraction of sp³-hybridized carbons (Fsp3) is 1.00. The van der Waals surface area contributed by atoms with Crippen LogP contribution in [0.4, 0.5) is 0 Å². The summed E-state index contributed by atoms with van der Waals surface area (Å²) in [6, 6.07) is -0.121. The number of hydrogen-bond donors (Lipinski definition) is 2. The first-order valence-electron chi connectivity index (χ1n) is 10.2. The normalized spacial score (nSPS) is 22.8. The van der Waals surface area contributed by atoms with Crippen molar-refractivity contribution in [3.63, 3.8) is 0 Å². The highest BCUT2D eigenvalue weighted by atomic mass is 32.2. The molecule has 0 bridgehead atoms. The van der Waals surface area contributed by atoms with Gasteiger partial charge < -0.3 is 15.1 Å². The van der Waals surface area contributed by atoms with E-state index >= 15 is 0 Å². The Labute approximate surface area is 154 Å². The third-order valence-electron chi connectivity index (χ3n) is 5.30. The van der Waals surface area contributed by atoms with Gasteiger partial charge in [0.15, 0.2) is 0 Å². The van der Waals surface area contributed by atoms with Gasteiger partial charge in [0.1, 0.15) is 0 Å². The summed E-state index contributed by atoms with van der Waals surface area (Å²) in [4.78, 5) is 1.93. The summed E-state index contributed by atoms with van der Waals surface area (Å²) >= 11 is 1.90. The standard InChI is InChI=1S/C20H41NO2S/c1-4-5-6-7-8-9-10-11-12-13-14-15-18-20(24-18)19(23)17(16-22)21(2)3/h17-20,22-23H,4-16H2,1-3H3/t17-,18?,19-,20?/m0/s1. The van der Waals surface area contributed by atoms with Gasteiger partial charge in [0, 0.05) is 10.5 Å². The Morgan fingerprint density at radius 1 is 0.875 bits per heavy atom. The SMILES string of the molecule is CCCCCCCCCCCCCC1SC1[C@@H](O)[C@H](CO)N(C)C. The van der Waals surface area contributed by atoms with Crippen molar-refractivity contribution >= 4 is 11.8 Å². The minimum absolute atomic E-state index is 0.0381. The maximum atomic E-state index is 10.3. The Balaban J connectivity index is 1.91. The third-order valence-corrected chi connectivity index (χ3v) is 6.78. The van der Waals surface area contributed by atoms with Gasteiger partial charge in [0.25, 0.3) is 0 Å². The van der Waals surface area contributed by atoms with E-state index in [2.05, 4.69) is 6.92 Å². The van der Waals surface area contributed by atoms with Gasteiger partial charge in [-0.05, 0) is 20.5 Å². The van der Waals surface area contributed by atoms with Gasteiger partial charge >= 0.3 is 0 Å². The first-order chi connectivity index (χ1) is 11.6. The van der Waals surface area contributed by atoms with E-state index in [9.17, 15) is 10.2 Å². The number of thioether (sulfide) groups is 1. The molecule has 4 heteroatoms. The minimum Gasteiger partial charge on any atom is -0.395 e. The van der Waals surface area contributed by atoms with Crippen LogP contribution in [0.2, 0.25) is 0 Å². The Hall–Kier alpha value is 0.230. The second-order valence-electron chi connectivity index (χ2n) is 7.67. The van der Waals surface area contributed by atoms with Gasteiger partial charge in [0.2, 0.25) is 0 Å². The van der Waals surface area contributed by atoms with Crippen molar-refractivity contribution in [2.75, 3.05) is 20.7 Å². The maximum Gasteiger partial charge on any atom is 0.0846 e. The average molecular weight is 360 g/mol. The molecule has 24 heavy (non-hydrogen) atoms. The molecule has 1 rings (SSSR count). The van der Waals surface area contributed by atoms with E-state index in [4.69, 9.17) is 0 Å². The van der Waals surface area contributed by atoms with Crippen LogP contribution in [-0.2, 0) is 0 Å². The molecule has 1 aliphatic heterocycles. The van der Waals surface area contributed by atoms with Crippen LogP contribution in [0.15, 0.2) is 0 Å². The van der Waals surface area contributed by atoms with Gasteiger partial charge in [-0.1, -0.05) is 77.6 Å². The summed E-state index contributed by atoms with van der Waals surface area (Å²) < 4.78 is 0. The topological polar surface area (TPSA) is 43.7 Å². The van der Waals surface area contributed by atoms with Crippen molar-refractivity contribution in [2.45, 2.75) is 107 Å². The lowest BCUT2D eigenvalue weighted by Gasteiger charge is -2.26. The van der Waals surface area contributed by atoms with Gasteiger partial charge in [-0.2, -0.15) is 0 Å². The molecular formula is C20H41NO2S. The summed E-state index contributed by atoms with van der Waals surface area (Å²) in [5.41, 5.74) is 0. The molecule has 0 spiro atoms. The lowest BCUT2D eigenvalue weighted by molar-refractivity contribution is 0.0428. The molecule has 2 N–H and O–H groups in total. The van der Waals surface area contributed by atoms with E-state index in [1.165, 1.54) is 77.0 Å². The zero-order valence-corrected chi connectivity index (χ0v) is 17.1. The van der Waals surface area contributed by atoms with Gasteiger partial charge in [0.05, 0.1) is 18.8 Å². The van der Waals surface area contributed by atoms with Crippen molar-refractivity contribution in [3.05, 3.63) is 0 Å². The van der Waals surface area contributed by atoms with E-state index in [1.807, 2.05) is 30.8 Å². The van der Waals surface area contributed by atoms with Gasteiger partial charge in [-0.25, -0.2) is 0 Å². The van der Waals surface area contributed by atoms with E-state index in [0.717, 1.165) is 0 Å². The highest BCUT2D eigenvalue weighted by molar-refractivity contribution is 8.07. The Bertz CT molecular complexity index is 301. The van der Waals surface area contributed by atoms with Crippen molar-refractivity contribution in [3.8, 4) is 0 Å². The van der Waals surface area contributed by atoms with Crippen LogP contribution < -0.4 is 0 Å². The Morgan fingerprint density at radius 3 is 1.83 bits per heavy atom. The number of likely N-dealkylation sites (N-methyl/N-ethyl adjacent to an activating group) is 1. The predicted octanol–water partition coefficient (Wildman–Crippen LogP) is 4.45. The molecule has 1 fully saturated rings. The van der Waals surface area contributed by atoms with Crippen LogP contribution in [0.5, 0.6) is 0 Å². The zero-order valence-electron chi connectivity index (χ0n) is 16.3. The molecule has 0 aromatic heterocycles. The summed E-state index contributed by atoms with van der Waals surface area (Å²) in [7, 11) is 3.85. The molecular weight excluding hydrogens is 318 g/mol. The first-order valence-corrected chi connectivity index (χ1v) is 11.2. The quantitative estimate of drug-likeness (QED) is 0.315. The fourth-order valence-corrected chi connectivity index (χ4v) is 4.75. The van der Waals surface area contributed by atoms with E-state index in [-0.39, 0.29) is 12.6 Å². The van der Waals surface area contributed by atoms with Crippen LogP contribution in [-0.4, -0.2) is 58.5 Å². The lowest BCUT2D eigenvalue weighted by atomic mass is 10.0. The predicted molar refractivity (Wildman–Crippen MR) is 107 cm³/mol. The molecule has 1 heterocycles. The largest absolute Gasteiger partial charge is 0.395 e. The Morgan fingerprint density at radius 2 is 1.38 bits per heavy atom. The van der Waals surface area contributed by atoms with Crippen LogP contribution in [0.25, 0.3) is 0 Å². The maximum absolute atomic E-state index is 10.3. The summed E-state index contributed by atoms with van der Waals surface area (Å²) in [5, 5.41) is 20.7.